The number of nitrogens with one attached hydrogen (secondary N) is 1. The summed E-state index contributed by atoms with van der Waals surface area (Å²) in [5.41, 5.74) is 0. The first-order chi connectivity index (χ1) is 9.20. The molecule has 5 heteroatoms. The van der Waals surface area contributed by atoms with Crippen molar-refractivity contribution in [3.05, 3.63) is 0 Å². The van der Waals surface area contributed by atoms with Gasteiger partial charge in [0.05, 0.1) is 0 Å². The van der Waals surface area contributed by atoms with Gasteiger partial charge in [0.2, 0.25) is 11.8 Å². The Morgan fingerprint density at radius 1 is 1.37 bits per heavy atom. The van der Waals surface area contributed by atoms with E-state index in [-0.39, 0.29) is 17.9 Å². The van der Waals surface area contributed by atoms with Gasteiger partial charge in [0, 0.05) is 32.7 Å². The topological polar surface area (TPSA) is 58.6 Å². The first kappa shape index (κ1) is 14.3. The van der Waals surface area contributed by atoms with Crippen molar-refractivity contribution < 1.29 is 14.3 Å². The van der Waals surface area contributed by atoms with Crippen molar-refractivity contribution in [3.63, 3.8) is 0 Å². The van der Waals surface area contributed by atoms with Crippen LogP contribution < -0.4 is 5.32 Å². The van der Waals surface area contributed by atoms with E-state index in [1.165, 1.54) is 12.8 Å². The Labute approximate surface area is 114 Å². The highest BCUT2D eigenvalue weighted by Crippen LogP contribution is 2.28. The molecule has 2 aliphatic rings. The van der Waals surface area contributed by atoms with Gasteiger partial charge in [-0.3, -0.25) is 9.59 Å². The fourth-order valence-corrected chi connectivity index (χ4v) is 2.29. The Hall–Kier alpha value is -1.10. The molecule has 0 radical (unpaired) electrons. The molecule has 0 aromatic carbocycles. The van der Waals surface area contributed by atoms with Crippen LogP contribution in [0.3, 0.4) is 0 Å². The first-order valence-electron chi connectivity index (χ1n) is 7.36. The Kier molecular flexibility index (Phi) is 5.19. The van der Waals surface area contributed by atoms with Crippen molar-refractivity contribution in [3.8, 4) is 0 Å². The standard InChI is InChI=1S/C14H24N2O3/c1-2-12-14(18)16(8-6-13(17)15-12)7-3-9-19-10-11-4-5-11/h11-12H,2-10H2,1H3,(H,15,17). The van der Waals surface area contributed by atoms with E-state index in [4.69, 9.17) is 4.74 Å². The van der Waals surface area contributed by atoms with Crippen LogP contribution in [0.4, 0.5) is 0 Å². The first-order valence-corrected chi connectivity index (χ1v) is 7.36. The maximum absolute atomic E-state index is 12.2. The summed E-state index contributed by atoms with van der Waals surface area (Å²) >= 11 is 0. The van der Waals surface area contributed by atoms with Gasteiger partial charge in [0.15, 0.2) is 0 Å². The Morgan fingerprint density at radius 3 is 2.84 bits per heavy atom. The summed E-state index contributed by atoms with van der Waals surface area (Å²) in [4.78, 5) is 25.5. The fraction of sp³-hybridized carbons (Fsp3) is 0.857. The lowest BCUT2D eigenvalue weighted by Gasteiger charge is -2.23. The van der Waals surface area contributed by atoms with Crippen LogP contribution in [0.5, 0.6) is 0 Å². The van der Waals surface area contributed by atoms with E-state index in [2.05, 4.69) is 5.32 Å². The van der Waals surface area contributed by atoms with Crippen molar-refractivity contribution in [2.24, 2.45) is 5.92 Å². The van der Waals surface area contributed by atoms with Gasteiger partial charge in [-0.1, -0.05) is 6.92 Å². The zero-order valence-electron chi connectivity index (χ0n) is 11.7. The molecule has 0 aromatic rings. The van der Waals surface area contributed by atoms with E-state index < -0.39 is 0 Å². The zero-order valence-corrected chi connectivity index (χ0v) is 11.7. The second-order valence-corrected chi connectivity index (χ2v) is 5.48. The van der Waals surface area contributed by atoms with Crippen molar-refractivity contribution in [2.45, 2.75) is 45.1 Å². The van der Waals surface area contributed by atoms with E-state index in [0.29, 0.717) is 32.5 Å². The normalized spacial score (nSPS) is 24.3. The van der Waals surface area contributed by atoms with Crippen molar-refractivity contribution in [1.29, 1.82) is 0 Å². The van der Waals surface area contributed by atoms with Gasteiger partial charge in [0.1, 0.15) is 6.04 Å². The van der Waals surface area contributed by atoms with Crippen LogP contribution in [-0.4, -0.2) is 49.1 Å². The maximum atomic E-state index is 12.2. The fourth-order valence-electron chi connectivity index (χ4n) is 2.29. The van der Waals surface area contributed by atoms with E-state index in [1.807, 2.05) is 6.92 Å². The Morgan fingerprint density at radius 2 is 2.16 bits per heavy atom. The highest BCUT2D eigenvalue weighted by Gasteiger charge is 2.28. The average Bonchev–Trinajstić information content (AvgIpc) is 3.22. The average molecular weight is 268 g/mol. The predicted octanol–water partition coefficient (Wildman–Crippen LogP) is 0.930. The molecule has 1 aliphatic carbocycles. The van der Waals surface area contributed by atoms with Gasteiger partial charge in [-0.05, 0) is 31.6 Å². The molecule has 1 heterocycles. The molecule has 1 unspecified atom stereocenters. The number of carbonyl (C=O) groups is 2. The van der Waals surface area contributed by atoms with Crippen LogP contribution >= 0.6 is 0 Å². The molecule has 5 nitrogen and oxygen atoms in total. The molecule has 1 aliphatic heterocycles. The minimum Gasteiger partial charge on any atom is -0.381 e. The second kappa shape index (κ2) is 6.89. The van der Waals surface area contributed by atoms with Crippen LogP contribution in [0.25, 0.3) is 0 Å². The molecule has 0 bridgehead atoms. The van der Waals surface area contributed by atoms with Crippen LogP contribution in [0, 0.1) is 5.92 Å². The third kappa shape index (κ3) is 4.49. The molecule has 0 aromatic heterocycles. The molecule has 1 atom stereocenters. The summed E-state index contributed by atoms with van der Waals surface area (Å²) in [5, 5.41) is 2.77. The van der Waals surface area contributed by atoms with Gasteiger partial charge in [0.25, 0.3) is 0 Å². The van der Waals surface area contributed by atoms with Crippen LogP contribution in [0.1, 0.15) is 39.0 Å². The van der Waals surface area contributed by atoms with Gasteiger partial charge >= 0.3 is 0 Å². The summed E-state index contributed by atoms with van der Waals surface area (Å²) < 4.78 is 5.57. The van der Waals surface area contributed by atoms with Crippen LogP contribution in [0.2, 0.25) is 0 Å². The largest absolute Gasteiger partial charge is 0.381 e. The lowest BCUT2D eigenvalue weighted by Crippen LogP contribution is -2.44. The molecule has 2 amide bonds. The number of rotatable bonds is 7. The molecule has 1 saturated heterocycles. The lowest BCUT2D eigenvalue weighted by molar-refractivity contribution is -0.133. The number of amides is 2. The Bertz CT molecular complexity index is 329. The van der Waals surface area contributed by atoms with Crippen LogP contribution in [-0.2, 0) is 14.3 Å². The van der Waals surface area contributed by atoms with Crippen LogP contribution in [0.15, 0.2) is 0 Å². The quantitative estimate of drug-likeness (QED) is 0.699. The van der Waals surface area contributed by atoms with Crippen molar-refractivity contribution >= 4 is 11.8 Å². The summed E-state index contributed by atoms with van der Waals surface area (Å²) in [6, 6.07) is -0.345. The molecular weight excluding hydrogens is 244 g/mol. The summed E-state index contributed by atoms with van der Waals surface area (Å²) in [7, 11) is 0. The molecule has 1 N–H and O–H groups in total. The SMILES string of the molecule is CCC1NC(=O)CCN(CCCOCC2CC2)C1=O. The lowest BCUT2D eigenvalue weighted by atomic mass is 10.2. The predicted molar refractivity (Wildman–Crippen MR) is 71.6 cm³/mol. The van der Waals surface area contributed by atoms with Crippen molar-refractivity contribution in [2.75, 3.05) is 26.3 Å². The minimum absolute atomic E-state index is 0.0207. The van der Waals surface area contributed by atoms with Gasteiger partial charge in [-0.15, -0.1) is 0 Å². The van der Waals surface area contributed by atoms with Crippen molar-refractivity contribution in [1.82, 2.24) is 10.2 Å². The van der Waals surface area contributed by atoms with Gasteiger partial charge < -0.3 is 15.0 Å². The summed E-state index contributed by atoms with van der Waals surface area (Å²) in [6.45, 7) is 4.72. The van der Waals surface area contributed by atoms with E-state index in [9.17, 15) is 9.59 Å². The van der Waals surface area contributed by atoms with E-state index >= 15 is 0 Å². The molecule has 2 rings (SSSR count). The number of nitrogens with zero attached hydrogens (tertiary/aromatic N) is 1. The second-order valence-electron chi connectivity index (χ2n) is 5.48. The third-order valence-electron chi connectivity index (χ3n) is 3.73. The van der Waals surface area contributed by atoms with Gasteiger partial charge in [-0.25, -0.2) is 0 Å². The molecular formula is C14H24N2O3. The highest BCUT2D eigenvalue weighted by atomic mass is 16.5. The maximum Gasteiger partial charge on any atom is 0.245 e. The molecule has 1 saturated carbocycles. The number of hydrogen-bond donors (Lipinski definition) is 1. The number of ether oxygens (including phenoxy) is 1. The molecule has 108 valence electrons. The van der Waals surface area contributed by atoms with E-state index in [0.717, 1.165) is 18.9 Å². The third-order valence-corrected chi connectivity index (χ3v) is 3.73. The smallest absolute Gasteiger partial charge is 0.245 e. The monoisotopic (exact) mass is 268 g/mol. The summed E-state index contributed by atoms with van der Waals surface area (Å²) in [5.74, 6) is 0.814. The Balaban J connectivity index is 1.70. The zero-order chi connectivity index (χ0) is 13.7. The summed E-state index contributed by atoms with van der Waals surface area (Å²) in [6.07, 6.45) is 4.51. The molecule has 2 fully saturated rings. The number of hydrogen-bond acceptors (Lipinski definition) is 3. The highest BCUT2D eigenvalue weighted by molar-refractivity contribution is 5.89. The number of carbonyl (C=O) groups excluding carboxylic acids is 2. The van der Waals surface area contributed by atoms with Gasteiger partial charge in [-0.2, -0.15) is 0 Å². The molecule has 19 heavy (non-hydrogen) atoms. The molecule has 0 spiro atoms. The van der Waals surface area contributed by atoms with E-state index in [1.54, 1.807) is 4.90 Å². The minimum atomic E-state index is -0.345.